The van der Waals surface area contributed by atoms with E-state index < -0.39 is 5.91 Å². The molecule has 0 saturated carbocycles. The first kappa shape index (κ1) is 25.6. The van der Waals surface area contributed by atoms with Crippen LogP contribution in [0.5, 0.6) is 11.5 Å². The van der Waals surface area contributed by atoms with Crippen molar-refractivity contribution in [1.29, 1.82) is 0 Å². The number of rotatable bonds is 9. The van der Waals surface area contributed by atoms with Crippen molar-refractivity contribution in [2.45, 2.75) is 33.6 Å². The Morgan fingerprint density at radius 2 is 1.81 bits per heavy atom. The second-order valence-electron chi connectivity index (χ2n) is 8.90. The van der Waals surface area contributed by atoms with Crippen LogP contribution in [0, 0.1) is 6.92 Å². The quantitative estimate of drug-likeness (QED) is 0.338. The van der Waals surface area contributed by atoms with Crippen LogP contribution in [-0.2, 0) is 4.79 Å². The number of benzene rings is 3. The number of carbonyl (C=O) groups is 1. The molecule has 0 spiro atoms. The van der Waals surface area contributed by atoms with E-state index in [-0.39, 0.29) is 18.1 Å². The van der Waals surface area contributed by atoms with E-state index in [1.54, 1.807) is 30.3 Å². The molecular weight excluding hydrogens is 468 g/mol. The van der Waals surface area contributed by atoms with Gasteiger partial charge in [-0.05, 0) is 67.3 Å². The third-order valence-corrected chi connectivity index (χ3v) is 5.87. The zero-order chi connectivity index (χ0) is 26.5. The highest BCUT2D eigenvalue weighted by Gasteiger charge is 2.18. The van der Waals surface area contributed by atoms with Gasteiger partial charge < -0.3 is 15.2 Å². The van der Waals surface area contributed by atoms with E-state index in [0.717, 1.165) is 22.4 Å². The molecule has 0 aliphatic rings. The molecular formula is C29H30N4O4. The van der Waals surface area contributed by atoms with Crippen LogP contribution in [0.3, 0.4) is 0 Å². The van der Waals surface area contributed by atoms with Crippen molar-refractivity contribution in [3.63, 3.8) is 0 Å². The van der Waals surface area contributed by atoms with Crippen LogP contribution in [0.15, 0.2) is 70.6 Å². The van der Waals surface area contributed by atoms with Crippen molar-refractivity contribution in [2.75, 3.05) is 13.2 Å². The highest BCUT2D eigenvalue weighted by molar-refractivity contribution is 5.85. The van der Waals surface area contributed by atoms with Gasteiger partial charge in [0.1, 0.15) is 11.5 Å². The van der Waals surface area contributed by atoms with Crippen molar-refractivity contribution in [2.24, 2.45) is 10.8 Å². The fourth-order valence-electron chi connectivity index (χ4n) is 4.06. The maximum atomic E-state index is 13.6. The summed E-state index contributed by atoms with van der Waals surface area (Å²) in [6.07, 6.45) is 1.52. The van der Waals surface area contributed by atoms with Crippen molar-refractivity contribution in [1.82, 2.24) is 9.66 Å². The van der Waals surface area contributed by atoms with Crippen molar-refractivity contribution < 1.29 is 14.3 Å². The second kappa shape index (κ2) is 11.1. The lowest BCUT2D eigenvalue weighted by Gasteiger charge is -2.18. The molecule has 0 radical (unpaired) electrons. The van der Waals surface area contributed by atoms with E-state index in [2.05, 4.69) is 18.9 Å². The fraction of sp³-hybridized carbons (Fsp3) is 0.241. The summed E-state index contributed by atoms with van der Waals surface area (Å²) in [5, 5.41) is 5.01. The smallest absolute Gasteiger partial charge is 0.282 e. The first-order valence-corrected chi connectivity index (χ1v) is 12.1. The number of aryl methyl sites for hydroxylation is 1. The number of nitrogens with two attached hydrogens (primary N) is 1. The Labute approximate surface area is 215 Å². The predicted octanol–water partition coefficient (Wildman–Crippen LogP) is 4.64. The molecule has 8 heteroatoms. The van der Waals surface area contributed by atoms with Crippen LogP contribution in [-0.4, -0.2) is 35.0 Å². The molecule has 1 amide bonds. The SMILES string of the molecule is CCOc1cc(C)c(-c2nc3ccccc3c(=O)n2N=Cc2ccccc2OCC(N)=O)cc1C(C)C. The third-order valence-electron chi connectivity index (χ3n) is 5.87. The van der Waals surface area contributed by atoms with Gasteiger partial charge in [-0.25, -0.2) is 4.98 Å². The topological polar surface area (TPSA) is 109 Å². The summed E-state index contributed by atoms with van der Waals surface area (Å²) in [7, 11) is 0. The van der Waals surface area contributed by atoms with Crippen molar-refractivity contribution in [3.05, 3.63) is 87.7 Å². The molecule has 8 nitrogen and oxygen atoms in total. The predicted molar refractivity (Wildman–Crippen MR) is 146 cm³/mol. The molecule has 0 saturated heterocycles. The van der Waals surface area contributed by atoms with E-state index in [4.69, 9.17) is 20.2 Å². The minimum absolute atomic E-state index is 0.194. The number of nitrogens with zero attached hydrogens (tertiary/aromatic N) is 3. The van der Waals surface area contributed by atoms with Crippen molar-refractivity contribution in [3.8, 4) is 22.9 Å². The number of hydrogen-bond donors (Lipinski definition) is 1. The summed E-state index contributed by atoms with van der Waals surface area (Å²) in [6.45, 7) is 8.40. The fourth-order valence-corrected chi connectivity index (χ4v) is 4.06. The molecule has 0 aliphatic heterocycles. The molecule has 1 aromatic heterocycles. The van der Waals surface area contributed by atoms with Crippen LogP contribution < -0.4 is 20.8 Å². The number of amides is 1. The number of carbonyl (C=O) groups excluding carboxylic acids is 1. The van der Waals surface area contributed by atoms with Crippen LogP contribution >= 0.6 is 0 Å². The van der Waals surface area contributed by atoms with Crippen LogP contribution in [0.2, 0.25) is 0 Å². The molecule has 4 rings (SSSR count). The minimum Gasteiger partial charge on any atom is -0.494 e. The van der Waals surface area contributed by atoms with E-state index in [1.807, 2.05) is 44.2 Å². The summed E-state index contributed by atoms with van der Waals surface area (Å²) >= 11 is 0. The summed E-state index contributed by atoms with van der Waals surface area (Å²) < 4.78 is 12.7. The Morgan fingerprint density at radius 3 is 2.54 bits per heavy atom. The number of primary amides is 1. The number of para-hydroxylation sites is 2. The average Bonchev–Trinajstić information content (AvgIpc) is 2.87. The summed E-state index contributed by atoms with van der Waals surface area (Å²) in [5.41, 5.74) is 8.80. The Kier molecular flexibility index (Phi) is 7.67. The zero-order valence-electron chi connectivity index (χ0n) is 21.4. The lowest BCUT2D eigenvalue weighted by Crippen LogP contribution is -2.21. The Balaban J connectivity index is 1.92. The van der Waals surface area contributed by atoms with Crippen LogP contribution in [0.1, 0.15) is 43.4 Å². The van der Waals surface area contributed by atoms with Gasteiger partial charge >= 0.3 is 0 Å². The normalized spacial score (nSPS) is 11.4. The molecule has 0 fully saturated rings. The van der Waals surface area contributed by atoms with Gasteiger partial charge in [-0.2, -0.15) is 9.78 Å². The number of aromatic nitrogens is 2. The molecule has 3 aromatic carbocycles. The zero-order valence-corrected chi connectivity index (χ0v) is 21.4. The first-order valence-electron chi connectivity index (χ1n) is 12.1. The van der Waals surface area contributed by atoms with Gasteiger partial charge in [0.25, 0.3) is 11.5 Å². The van der Waals surface area contributed by atoms with Gasteiger partial charge in [-0.1, -0.05) is 38.1 Å². The maximum Gasteiger partial charge on any atom is 0.282 e. The molecule has 4 aromatic rings. The largest absolute Gasteiger partial charge is 0.494 e. The average molecular weight is 499 g/mol. The van der Waals surface area contributed by atoms with E-state index in [9.17, 15) is 9.59 Å². The summed E-state index contributed by atoms with van der Waals surface area (Å²) in [5.74, 6) is 1.26. The standard InChI is InChI=1S/C29H30N4O4/c1-5-36-26-14-19(4)23(15-22(26)18(2)3)28-32-24-12-8-7-11-21(24)29(35)33(28)31-16-20-10-6-9-13-25(20)37-17-27(30)34/h6-16,18H,5,17H2,1-4H3,(H2,30,34). The summed E-state index contributed by atoms with van der Waals surface area (Å²) in [6, 6.07) is 18.3. The highest BCUT2D eigenvalue weighted by Crippen LogP contribution is 2.34. The molecule has 0 bridgehead atoms. The molecule has 0 aliphatic carbocycles. The maximum absolute atomic E-state index is 13.6. The third kappa shape index (κ3) is 5.53. The van der Waals surface area contributed by atoms with E-state index in [1.165, 1.54) is 10.9 Å². The Morgan fingerprint density at radius 1 is 1.08 bits per heavy atom. The van der Waals surface area contributed by atoms with Crippen LogP contribution in [0.25, 0.3) is 22.3 Å². The van der Waals surface area contributed by atoms with Gasteiger partial charge in [0.05, 0.1) is 23.7 Å². The first-order chi connectivity index (χ1) is 17.8. The summed E-state index contributed by atoms with van der Waals surface area (Å²) in [4.78, 5) is 29.7. The molecule has 2 N–H and O–H groups in total. The van der Waals surface area contributed by atoms with Gasteiger partial charge in [0.2, 0.25) is 0 Å². The van der Waals surface area contributed by atoms with Gasteiger partial charge in [-0.15, -0.1) is 0 Å². The molecule has 190 valence electrons. The second-order valence-corrected chi connectivity index (χ2v) is 8.90. The minimum atomic E-state index is -0.587. The highest BCUT2D eigenvalue weighted by atomic mass is 16.5. The van der Waals surface area contributed by atoms with Gasteiger partial charge in [0.15, 0.2) is 12.4 Å². The number of ether oxygens (including phenoxy) is 2. The van der Waals surface area contributed by atoms with Crippen LogP contribution in [0.4, 0.5) is 0 Å². The van der Waals surface area contributed by atoms with Gasteiger partial charge in [-0.3, -0.25) is 9.59 Å². The van der Waals surface area contributed by atoms with E-state index in [0.29, 0.717) is 34.6 Å². The lowest BCUT2D eigenvalue weighted by molar-refractivity contribution is -0.119. The molecule has 1 heterocycles. The monoisotopic (exact) mass is 498 g/mol. The molecule has 37 heavy (non-hydrogen) atoms. The Bertz CT molecular complexity index is 1540. The van der Waals surface area contributed by atoms with Crippen molar-refractivity contribution >= 4 is 23.0 Å². The van der Waals surface area contributed by atoms with Gasteiger partial charge in [0, 0.05) is 11.1 Å². The number of hydrogen-bond acceptors (Lipinski definition) is 6. The Hall–Kier alpha value is -4.46. The number of fused-ring (bicyclic) bond motifs is 1. The molecule has 0 unspecified atom stereocenters. The molecule has 0 atom stereocenters. The van der Waals surface area contributed by atoms with E-state index >= 15 is 0 Å². The lowest BCUT2D eigenvalue weighted by atomic mass is 9.96.